The van der Waals surface area contributed by atoms with E-state index in [1.807, 2.05) is 25.1 Å². The van der Waals surface area contributed by atoms with Crippen molar-refractivity contribution >= 4 is 27.7 Å². The standard InChI is InChI=1S/C12H14BrNO2/c1-9-7-10(2)12(14(15)16)8-11(9)5-3-4-6-13/h3,5,7-8H,4,6H2,1-2H3. The molecule has 0 amide bonds. The Morgan fingerprint density at radius 3 is 2.62 bits per heavy atom. The first kappa shape index (κ1) is 12.9. The van der Waals surface area contributed by atoms with Crippen LogP contribution in [0.3, 0.4) is 0 Å². The van der Waals surface area contributed by atoms with Gasteiger partial charge in [0.2, 0.25) is 0 Å². The van der Waals surface area contributed by atoms with E-state index < -0.39 is 0 Å². The Morgan fingerprint density at radius 1 is 1.38 bits per heavy atom. The number of nitro benzene ring substituents is 1. The Bertz CT molecular complexity index is 427. The van der Waals surface area contributed by atoms with E-state index >= 15 is 0 Å². The number of rotatable bonds is 4. The van der Waals surface area contributed by atoms with Crippen LogP contribution in [0, 0.1) is 24.0 Å². The van der Waals surface area contributed by atoms with Gasteiger partial charge in [0.25, 0.3) is 5.69 Å². The molecule has 0 fully saturated rings. The van der Waals surface area contributed by atoms with Crippen LogP contribution in [0.4, 0.5) is 5.69 Å². The Morgan fingerprint density at radius 2 is 2.06 bits per heavy atom. The second-order valence-electron chi connectivity index (χ2n) is 3.63. The molecule has 0 spiro atoms. The molecule has 16 heavy (non-hydrogen) atoms. The molecule has 0 saturated heterocycles. The summed E-state index contributed by atoms with van der Waals surface area (Å²) in [7, 11) is 0. The third-order valence-corrected chi connectivity index (χ3v) is 2.81. The lowest BCUT2D eigenvalue weighted by Gasteiger charge is -2.03. The molecule has 0 heterocycles. The normalized spacial score (nSPS) is 10.9. The number of hydrogen-bond acceptors (Lipinski definition) is 2. The van der Waals surface area contributed by atoms with Crippen molar-refractivity contribution in [3.8, 4) is 0 Å². The van der Waals surface area contributed by atoms with Gasteiger partial charge in [0.1, 0.15) is 0 Å². The number of nitrogens with zero attached hydrogens (tertiary/aromatic N) is 1. The summed E-state index contributed by atoms with van der Waals surface area (Å²) >= 11 is 3.33. The average molecular weight is 284 g/mol. The van der Waals surface area contributed by atoms with E-state index in [0.29, 0.717) is 5.56 Å². The Hall–Kier alpha value is -1.16. The van der Waals surface area contributed by atoms with Crippen molar-refractivity contribution in [2.45, 2.75) is 20.3 Å². The van der Waals surface area contributed by atoms with Gasteiger partial charge in [-0.2, -0.15) is 0 Å². The van der Waals surface area contributed by atoms with Crippen molar-refractivity contribution in [1.82, 2.24) is 0 Å². The molecular weight excluding hydrogens is 270 g/mol. The van der Waals surface area contributed by atoms with Crippen LogP contribution < -0.4 is 0 Å². The van der Waals surface area contributed by atoms with Crippen LogP contribution >= 0.6 is 15.9 Å². The second kappa shape index (κ2) is 5.80. The molecule has 1 rings (SSSR count). The highest BCUT2D eigenvalue weighted by Crippen LogP contribution is 2.23. The molecule has 0 aliphatic carbocycles. The molecule has 86 valence electrons. The zero-order valence-electron chi connectivity index (χ0n) is 9.37. The van der Waals surface area contributed by atoms with Crippen molar-refractivity contribution < 1.29 is 4.92 Å². The fourth-order valence-corrected chi connectivity index (χ4v) is 1.77. The summed E-state index contributed by atoms with van der Waals surface area (Å²) in [6.07, 6.45) is 4.86. The van der Waals surface area contributed by atoms with Crippen LogP contribution in [0.2, 0.25) is 0 Å². The Kier molecular flexibility index (Phi) is 4.68. The van der Waals surface area contributed by atoms with Gasteiger partial charge >= 0.3 is 0 Å². The summed E-state index contributed by atoms with van der Waals surface area (Å²) < 4.78 is 0. The van der Waals surface area contributed by atoms with E-state index in [-0.39, 0.29) is 10.6 Å². The molecule has 0 atom stereocenters. The number of benzene rings is 1. The minimum atomic E-state index is -0.337. The third kappa shape index (κ3) is 3.17. The first-order chi connectivity index (χ1) is 7.56. The number of halogens is 1. The molecule has 0 bridgehead atoms. The van der Waals surface area contributed by atoms with Gasteiger partial charge in [-0.05, 0) is 37.5 Å². The summed E-state index contributed by atoms with van der Waals surface area (Å²) in [6, 6.07) is 3.49. The van der Waals surface area contributed by atoms with Crippen LogP contribution in [0.15, 0.2) is 18.2 Å². The van der Waals surface area contributed by atoms with Crippen LogP contribution in [-0.2, 0) is 0 Å². The fraction of sp³-hybridized carbons (Fsp3) is 0.333. The van der Waals surface area contributed by atoms with E-state index in [9.17, 15) is 10.1 Å². The summed E-state index contributed by atoms with van der Waals surface area (Å²) in [5.74, 6) is 0. The van der Waals surface area contributed by atoms with Gasteiger partial charge in [0.05, 0.1) is 4.92 Å². The van der Waals surface area contributed by atoms with Gasteiger partial charge in [-0.15, -0.1) is 0 Å². The lowest BCUT2D eigenvalue weighted by Crippen LogP contribution is -1.94. The van der Waals surface area contributed by atoms with Gasteiger partial charge in [-0.25, -0.2) is 0 Å². The number of allylic oxidation sites excluding steroid dienone is 1. The van der Waals surface area contributed by atoms with Crippen molar-refractivity contribution in [2.75, 3.05) is 5.33 Å². The maximum absolute atomic E-state index is 10.8. The van der Waals surface area contributed by atoms with Crippen molar-refractivity contribution in [1.29, 1.82) is 0 Å². The van der Waals surface area contributed by atoms with E-state index in [0.717, 1.165) is 22.9 Å². The minimum absolute atomic E-state index is 0.184. The van der Waals surface area contributed by atoms with Crippen molar-refractivity contribution in [2.24, 2.45) is 0 Å². The monoisotopic (exact) mass is 283 g/mol. The SMILES string of the molecule is Cc1cc(C)c([N+](=O)[O-])cc1C=CCCBr. The van der Waals surface area contributed by atoms with E-state index in [1.165, 1.54) is 0 Å². The topological polar surface area (TPSA) is 43.1 Å². The largest absolute Gasteiger partial charge is 0.272 e. The average Bonchev–Trinajstić information content (AvgIpc) is 2.21. The lowest BCUT2D eigenvalue weighted by molar-refractivity contribution is -0.385. The maximum atomic E-state index is 10.8. The summed E-state index contributed by atoms with van der Waals surface area (Å²) in [5, 5.41) is 11.7. The number of aryl methyl sites for hydroxylation is 2. The van der Waals surface area contributed by atoms with Crippen LogP contribution in [0.1, 0.15) is 23.1 Å². The van der Waals surface area contributed by atoms with Crippen LogP contribution in [-0.4, -0.2) is 10.3 Å². The van der Waals surface area contributed by atoms with Crippen molar-refractivity contribution in [3.05, 3.63) is 45.0 Å². The molecule has 4 heteroatoms. The molecule has 0 unspecified atom stereocenters. The smallest absolute Gasteiger partial charge is 0.258 e. The minimum Gasteiger partial charge on any atom is -0.258 e. The predicted molar refractivity (Wildman–Crippen MR) is 70.0 cm³/mol. The van der Waals surface area contributed by atoms with E-state index in [4.69, 9.17) is 0 Å². The summed E-state index contributed by atoms with van der Waals surface area (Å²) in [6.45, 7) is 3.72. The van der Waals surface area contributed by atoms with Crippen LogP contribution in [0.5, 0.6) is 0 Å². The Labute approximate surface area is 103 Å². The zero-order chi connectivity index (χ0) is 12.1. The third-order valence-electron chi connectivity index (χ3n) is 2.35. The number of nitro groups is 1. The van der Waals surface area contributed by atoms with Gasteiger partial charge < -0.3 is 0 Å². The molecule has 1 aromatic carbocycles. The molecule has 1 aromatic rings. The lowest BCUT2D eigenvalue weighted by atomic mass is 10.0. The highest BCUT2D eigenvalue weighted by atomic mass is 79.9. The summed E-state index contributed by atoms with van der Waals surface area (Å²) in [4.78, 5) is 10.5. The summed E-state index contributed by atoms with van der Waals surface area (Å²) in [5.41, 5.74) is 2.87. The van der Waals surface area contributed by atoms with Gasteiger partial charge in [0, 0.05) is 17.0 Å². The molecule has 0 aliphatic rings. The zero-order valence-corrected chi connectivity index (χ0v) is 11.0. The molecule has 0 N–H and O–H groups in total. The van der Waals surface area contributed by atoms with Crippen molar-refractivity contribution in [3.63, 3.8) is 0 Å². The van der Waals surface area contributed by atoms with Gasteiger partial charge in [0.15, 0.2) is 0 Å². The van der Waals surface area contributed by atoms with E-state index in [2.05, 4.69) is 15.9 Å². The highest BCUT2D eigenvalue weighted by molar-refractivity contribution is 9.09. The van der Waals surface area contributed by atoms with Crippen LogP contribution in [0.25, 0.3) is 6.08 Å². The molecule has 0 aromatic heterocycles. The highest BCUT2D eigenvalue weighted by Gasteiger charge is 2.11. The van der Waals surface area contributed by atoms with Gasteiger partial charge in [-0.3, -0.25) is 10.1 Å². The molecular formula is C12H14BrNO2. The fourth-order valence-electron chi connectivity index (χ4n) is 1.51. The first-order valence-electron chi connectivity index (χ1n) is 5.04. The van der Waals surface area contributed by atoms with E-state index in [1.54, 1.807) is 13.0 Å². The molecule has 0 aliphatic heterocycles. The maximum Gasteiger partial charge on any atom is 0.272 e. The molecule has 0 radical (unpaired) electrons. The van der Waals surface area contributed by atoms with Gasteiger partial charge in [-0.1, -0.05) is 28.1 Å². The quantitative estimate of drug-likeness (QED) is 0.476. The Balaban J connectivity index is 3.09. The number of hydrogen-bond donors (Lipinski definition) is 0. The molecule has 0 saturated carbocycles. The first-order valence-corrected chi connectivity index (χ1v) is 6.16. The predicted octanol–water partition coefficient (Wildman–Crippen LogP) is 4.01. The number of alkyl halides is 1. The second-order valence-corrected chi connectivity index (χ2v) is 4.43. The molecule has 3 nitrogen and oxygen atoms in total.